The molecule has 1 aliphatic heterocycles. The smallest absolute Gasteiger partial charge is 0.0781 e. The Labute approximate surface area is 340 Å². The largest absolute Gasteiger partial charge is 0.334 e. The minimum absolute atomic E-state index is 0.113. The van der Waals surface area contributed by atoms with Gasteiger partial charge >= 0.3 is 0 Å². The van der Waals surface area contributed by atoms with Crippen molar-refractivity contribution in [1.29, 1.82) is 0 Å². The predicted molar refractivity (Wildman–Crippen MR) is 241 cm³/mol. The van der Waals surface area contributed by atoms with E-state index in [0.29, 0.717) is 0 Å². The van der Waals surface area contributed by atoms with Gasteiger partial charge in [-0.15, -0.1) is 0 Å². The number of nitrogens with zero attached hydrogens (tertiary/aromatic N) is 3. The highest BCUT2D eigenvalue weighted by Crippen LogP contribution is 2.65. The van der Waals surface area contributed by atoms with Crippen LogP contribution >= 0.6 is 0 Å². The molecule has 0 aromatic heterocycles. The second kappa shape index (κ2) is 13.0. The number of fused-ring (bicyclic) bond motifs is 12. The molecule has 7 aromatic rings. The molecule has 0 fully saturated rings. The fourth-order valence-corrected chi connectivity index (χ4v) is 10.8. The summed E-state index contributed by atoms with van der Waals surface area (Å²) < 4.78 is 0. The summed E-state index contributed by atoms with van der Waals surface area (Å²) >= 11 is 0. The average Bonchev–Trinajstić information content (AvgIpc) is 3.77. The zero-order valence-corrected chi connectivity index (χ0v) is 32.1. The fourth-order valence-electron chi connectivity index (χ4n) is 10.8. The molecule has 0 saturated carbocycles. The monoisotopic (exact) mass is 743 g/mol. The third-order valence-electron chi connectivity index (χ3n) is 13.0. The van der Waals surface area contributed by atoms with Crippen LogP contribution in [0.2, 0.25) is 0 Å². The highest BCUT2D eigenvalue weighted by atomic mass is 15.3. The minimum Gasteiger partial charge on any atom is -0.334 e. The Kier molecular flexibility index (Phi) is 7.40. The standard InChI is InChI=1S/C55H41N3/c1-4-19-38(20-5-1)56(39-21-6-2-7-22-39)41-35-36-43-42-25-10-12-27-45(42)55(48(43)37-41)46-28-13-11-26-44(46)54-47(55)29-18-34-53(54)58-51-32-16-14-30-49(51)57(40-23-8-3-9-24-40)50-31-15-17-33-52(50)58/h1-21,23-32,34-37,39,52H,22,33H2. The summed E-state index contributed by atoms with van der Waals surface area (Å²) in [5.74, 6) is 0. The van der Waals surface area contributed by atoms with Gasteiger partial charge in [0.1, 0.15) is 0 Å². The summed E-state index contributed by atoms with van der Waals surface area (Å²) in [5.41, 5.74) is 18.7. The van der Waals surface area contributed by atoms with Crippen molar-refractivity contribution >= 4 is 34.1 Å². The van der Waals surface area contributed by atoms with Crippen LogP contribution in [0.3, 0.4) is 0 Å². The third kappa shape index (κ3) is 4.62. The van der Waals surface area contributed by atoms with Gasteiger partial charge < -0.3 is 14.7 Å². The molecule has 7 aromatic carbocycles. The van der Waals surface area contributed by atoms with Crippen LogP contribution < -0.4 is 14.7 Å². The molecule has 3 unspecified atom stereocenters. The quantitative estimate of drug-likeness (QED) is 0.174. The van der Waals surface area contributed by atoms with Crippen molar-refractivity contribution in [2.24, 2.45) is 0 Å². The molecule has 0 bridgehead atoms. The van der Waals surface area contributed by atoms with Gasteiger partial charge in [-0.2, -0.15) is 0 Å². The molecule has 0 radical (unpaired) electrons. The SMILES string of the molecule is C1=CCC(N(c2ccccc2)c2ccc3c(c2)C2(c4ccccc4-3)c3ccccc3-c3c(N4c5ccccc5N(c5ccccc5)C5=CC=CCC54)cccc32)C=C1. The third-order valence-corrected chi connectivity index (χ3v) is 13.0. The molecular weight excluding hydrogens is 703 g/mol. The molecule has 1 spiro atoms. The van der Waals surface area contributed by atoms with E-state index in [1.807, 2.05) is 0 Å². The minimum atomic E-state index is -0.495. The molecule has 1 heterocycles. The van der Waals surface area contributed by atoms with Crippen molar-refractivity contribution in [2.75, 3.05) is 14.7 Å². The molecule has 58 heavy (non-hydrogen) atoms. The number of para-hydroxylation sites is 4. The number of anilines is 6. The molecule has 3 nitrogen and oxygen atoms in total. The Balaban J connectivity index is 1.11. The van der Waals surface area contributed by atoms with E-state index < -0.39 is 5.41 Å². The van der Waals surface area contributed by atoms with E-state index in [9.17, 15) is 0 Å². The van der Waals surface area contributed by atoms with Crippen LogP contribution in [-0.2, 0) is 5.41 Å². The molecule has 3 heteroatoms. The first kappa shape index (κ1) is 33.1. The molecule has 5 aliphatic rings. The summed E-state index contributed by atoms with van der Waals surface area (Å²) in [6.07, 6.45) is 17.7. The molecule has 0 amide bonds. The van der Waals surface area contributed by atoms with Gasteiger partial charge in [0, 0.05) is 28.3 Å². The van der Waals surface area contributed by atoms with Crippen LogP contribution in [0.5, 0.6) is 0 Å². The molecule has 276 valence electrons. The number of allylic oxidation sites excluding steroid dienone is 4. The second-order valence-electron chi connectivity index (χ2n) is 15.9. The van der Waals surface area contributed by atoms with E-state index in [4.69, 9.17) is 0 Å². The Hall–Kier alpha value is -7.10. The number of benzene rings is 7. The highest BCUT2D eigenvalue weighted by molar-refractivity contribution is 6.02. The van der Waals surface area contributed by atoms with E-state index >= 15 is 0 Å². The zero-order valence-electron chi connectivity index (χ0n) is 32.1. The average molecular weight is 744 g/mol. The van der Waals surface area contributed by atoms with Gasteiger partial charge in [-0.05, 0) is 112 Å². The predicted octanol–water partition coefficient (Wildman–Crippen LogP) is 13.6. The number of hydrogen-bond donors (Lipinski definition) is 0. The van der Waals surface area contributed by atoms with E-state index in [1.165, 1.54) is 84.3 Å². The molecule has 12 rings (SSSR count). The maximum atomic E-state index is 2.65. The van der Waals surface area contributed by atoms with Gasteiger partial charge in [0.05, 0.1) is 34.6 Å². The van der Waals surface area contributed by atoms with E-state index in [-0.39, 0.29) is 12.1 Å². The van der Waals surface area contributed by atoms with Crippen LogP contribution in [0.4, 0.5) is 34.1 Å². The summed E-state index contributed by atoms with van der Waals surface area (Å²) in [6, 6.07) is 63.8. The van der Waals surface area contributed by atoms with Gasteiger partial charge in [0.2, 0.25) is 0 Å². The Morgan fingerprint density at radius 2 is 1.14 bits per heavy atom. The van der Waals surface area contributed by atoms with Crippen molar-refractivity contribution in [3.63, 3.8) is 0 Å². The lowest BCUT2D eigenvalue weighted by atomic mass is 9.70. The van der Waals surface area contributed by atoms with Crippen LogP contribution in [0.25, 0.3) is 22.3 Å². The van der Waals surface area contributed by atoms with Crippen LogP contribution in [0, 0.1) is 0 Å². The normalized spacial score (nSPS) is 20.2. The lowest BCUT2D eigenvalue weighted by molar-refractivity contribution is 0.706. The van der Waals surface area contributed by atoms with Crippen molar-refractivity contribution in [1.82, 2.24) is 0 Å². The van der Waals surface area contributed by atoms with Crippen molar-refractivity contribution in [2.45, 2.75) is 30.3 Å². The van der Waals surface area contributed by atoms with Gasteiger partial charge in [0.25, 0.3) is 0 Å². The van der Waals surface area contributed by atoms with E-state index in [1.54, 1.807) is 0 Å². The molecule has 0 N–H and O–H groups in total. The molecule has 0 saturated heterocycles. The summed E-state index contributed by atoms with van der Waals surface area (Å²) in [7, 11) is 0. The maximum absolute atomic E-state index is 2.65. The number of rotatable bonds is 5. The lowest BCUT2D eigenvalue weighted by Gasteiger charge is -2.47. The first-order chi connectivity index (χ1) is 28.8. The van der Waals surface area contributed by atoms with Gasteiger partial charge in [0.15, 0.2) is 0 Å². The van der Waals surface area contributed by atoms with Crippen LogP contribution in [0.15, 0.2) is 218 Å². The zero-order chi connectivity index (χ0) is 38.2. The van der Waals surface area contributed by atoms with Gasteiger partial charge in [-0.1, -0.05) is 152 Å². The van der Waals surface area contributed by atoms with Crippen molar-refractivity contribution in [3.05, 3.63) is 240 Å². The first-order valence-corrected chi connectivity index (χ1v) is 20.6. The van der Waals surface area contributed by atoms with Gasteiger partial charge in [-0.25, -0.2) is 0 Å². The summed E-state index contributed by atoms with van der Waals surface area (Å²) in [4.78, 5) is 7.65. The van der Waals surface area contributed by atoms with Crippen molar-refractivity contribution < 1.29 is 0 Å². The topological polar surface area (TPSA) is 9.72 Å². The van der Waals surface area contributed by atoms with Crippen LogP contribution in [-0.4, -0.2) is 12.1 Å². The lowest BCUT2D eigenvalue weighted by Crippen LogP contribution is -2.44. The first-order valence-electron chi connectivity index (χ1n) is 20.6. The summed E-state index contributed by atoms with van der Waals surface area (Å²) in [5, 5.41) is 0. The molecular formula is C55H41N3. The highest BCUT2D eigenvalue weighted by Gasteiger charge is 2.53. The van der Waals surface area contributed by atoms with Gasteiger partial charge in [-0.3, -0.25) is 0 Å². The fraction of sp³-hybridized carbons (Fsp3) is 0.0909. The summed E-state index contributed by atoms with van der Waals surface area (Å²) in [6.45, 7) is 0. The van der Waals surface area contributed by atoms with Crippen LogP contribution in [0.1, 0.15) is 35.1 Å². The molecule has 3 atom stereocenters. The Morgan fingerprint density at radius 3 is 1.95 bits per heavy atom. The maximum Gasteiger partial charge on any atom is 0.0781 e. The van der Waals surface area contributed by atoms with Crippen molar-refractivity contribution in [3.8, 4) is 22.3 Å². The van der Waals surface area contributed by atoms with E-state index in [0.717, 1.165) is 12.8 Å². The number of hydrogen-bond acceptors (Lipinski definition) is 3. The molecule has 4 aliphatic carbocycles. The Morgan fingerprint density at radius 1 is 0.483 bits per heavy atom. The van der Waals surface area contributed by atoms with E-state index in [2.05, 4.69) is 227 Å². The second-order valence-corrected chi connectivity index (χ2v) is 15.9. The Bertz CT molecular complexity index is 2880.